The summed E-state index contributed by atoms with van der Waals surface area (Å²) in [7, 11) is 0. The summed E-state index contributed by atoms with van der Waals surface area (Å²) in [4.78, 5) is 0. The predicted octanol–water partition coefficient (Wildman–Crippen LogP) is 6.58. The molecule has 0 nitrogen and oxygen atoms in total. The summed E-state index contributed by atoms with van der Waals surface area (Å²) >= 11 is 5.90. The predicted molar refractivity (Wildman–Crippen MR) is 78.6 cm³/mol. The van der Waals surface area contributed by atoms with Crippen molar-refractivity contribution in [1.82, 2.24) is 0 Å². The molecule has 0 unspecified atom stereocenters. The first-order valence-corrected chi connectivity index (χ1v) is 8.15. The van der Waals surface area contributed by atoms with Gasteiger partial charge in [0.05, 0.1) is 0 Å². The lowest BCUT2D eigenvalue weighted by Gasteiger charge is -2.06. The van der Waals surface area contributed by atoms with E-state index in [9.17, 15) is 0 Å². The third-order valence-electron chi connectivity index (χ3n) is 3.90. The normalized spacial score (nSPS) is 22.5. The molecule has 0 aromatic carbocycles. The Labute approximate surface area is 113 Å². The quantitative estimate of drug-likeness (QED) is 0.459. The zero-order chi connectivity index (χ0) is 12.2. The maximum absolute atomic E-state index is 5.90. The first-order valence-electron chi connectivity index (χ1n) is 7.71. The van der Waals surface area contributed by atoms with Gasteiger partial charge < -0.3 is 0 Å². The van der Waals surface area contributed by atoms with E-state index in [1.807, 2.05) is 5.54 Å². The van der Waals surface area contributed by atoms with Crippen LogP contribution in [0.25, 0.3) is 0 Å². The number of halogens is 1. The van der Waals surface area contributed by atoms with Crippen molar-refractivity contribution in [2.45, 2.75) is 89.9 Å². The lowest BCUT2D eigenvalue weighted by atomic mass is 10.0. The van der Waals surface area contributed by atoms with Gasteiger partial charge in [0.1, 0.15) is 0 Å². The Balaban J connectivity index is 2.21. The fourth-order valence-corrected chi connectivity index (χ4v) is 2.92. The molecule has 0 aromatic heterocycles. The Morgan fingerprint density at radius 1 is 0.529 bits per heavy atom. The van der Waals surface area contributed by atoms with Crippen LogP contribution in [0.1, 0.15) is 89.9 Å². The van der Waals surface area contributed by atoms with Crippen LogP contribution in [-0.4, -0.2) is 0 Å². The minimum atomic E-state index is 1.24. The molecule has 0 radical (unpaired) electrons. The maximum atomic E-state index is 5.90. The maximum Gasteiger partial charge on any atom is 0.00344 e. The lowest BCUT2D eigenvalue weighted by molar-refractivity contribution is 0.548. The van der Waals surface area contributed by atoms with E-state index in [0.29, 0.717) is 0 Å². The van der Waals surface area contributed by atoms with Gasteiger partial charge in [-0.05, 0) is 25.7 Å². The van der Waals surface area contributed by atoms with E-state index >= 15 is 0 Å². The molecule has 1 saturated carbocycles. The Bertz CT molecular complexity index is 178. The molecular weight excluding hydrogens is 228 g/mol. The number of hydrogen-bond acceptors (Lipinski definition) is 0. The second-order valence-corrected chi connectivity index (χ2v) is 5.73. The van der Waals surface area contributed by atoms with Crippen LogP contribution < -0.4 is 0 Å². The summed E-state index contributed by atoms with van der Waals surface area (Å²) in [5, 5.41) is 0. The summed E-state index contributed by atoms with van der Waals surface area (Å²) < 4.78 is 0. The van der Waals surface area contributed by atoms with E-state index in [0.717, 1.165) is 0 Å². The molecule has 0 bridgehead atoms. The summed E-state index contributed by atoms with van der Waals surface area (Å²) in [5.74, 6) is 0. The molecule has 0 spiro atoms. The molecule has 1 rings (SSSR count). The largest absolute Gasteiger partial charge is 0.0930 e. The van der Waals surface area contributed by atoms with Gasteiger partial charge in [0.25, 0.3) is 0 Å². The van der Waals surface area contributed by atoms with E-state index in [1.165, 1.54) is 95.5 Å². The van der Waals surface area contributed by atoms with Crippen molar-refractivity contribution >= 4 is 11.6 Å². The fraction of sp³-hybridized carbons (Fsp3) is 0.875. The van der Waals surface area contributed by atoms with E-state index in [1.54, 1.807) is 0 Å². The van der Waals surface area contributed by atoms with Gasteiger partial charge in [0.15, 0.2) is 0 Å². The highest BCUT2D eigenvalue weighted by Gasteiger charge is 2.00. The van der Waals surface area contributed by atoms with Gasteiger partial charge >= 0.3 is 0 Å². The number of hydrogen-bond donors (Lipinski definition) is 0. The molecule has 1 fully saturated rings. The minimum absolute atomic E-state index is 1.24. The Morgan fingerprint density at radius 3 is 1.12 bits per heavy atom. The van der Waals surface area contributed by atoms with E-state index < -0.39 is 0 Å². The summed E-state index contributed by atoms with van der Waals surface area (Å²) in [5.41, 5.74) is 3.33. The summed E-state index contributed by atoms with van der Waals surface area (Å²) in [6.45, 7) is 0. The molecule has 0 aliphatic heterocycles. The molecule has 0 saturated heterocycles. The fourth-order valence-electron chi connectivity index (χ4n) is 2.71. The molecule has 1 aliphatic rings. The molecule has 0 N–H and O–H groups in total. The topological polar surface area (TPSA) is 0 Å². The van der Waals surface area contributed by atoms with Gasteiger partial charge in [-0.15, -0.1) is 0 Å². The average Bonchev–Trinajstić information content (AvgIpc) is 2.36. The SMILES string of the molecule is ClC=C1CCCCCCCCCCCCCC1. The van der Waals surface area contributed by atoms with Crippen LogP contribution in [0.5, 0.6) is 0 Å². The van der Waals surface area contributed by atoms with Crippen LogP contribution in [0, 0.1) is 0 Å². The number of allylic oxidation sites excluding steroid dienone is 1. The molecule has 0 aromatic rings. The monoisotopic (exact) mass is 256 g/mol. The molecule has 100 valence electrons. The van der Waals surface area contributed by atoms with E-state index in [-0.39, 0.29) is 0 Å². The molecular formula is C16H29Cl. The molecule has 0 heterocycles. The molecule has 0 amide bonds. The van der Waals surface area contributed by atoms with Crippen molar-refractivity contribution < 1.29 is 0 Å². The molecule has 1 aliphatic carbocycles. The third kappa shape index (κ3) is 8.71. The highest BCUT2D eigenvalue weighted by Crippen LogP contribution is 2.20. The van der Waals surface area contributed by atoms with Crippen LogP contribution in [0.2, 0.25) is 0 Å². The molecule has 17 heavy (non-hydrogen) atoms. The van der Waals surface area contributed by atoms with E-state index in [4.69, 9.17) is 11.6 Å². The van der Waals surface area contributed by atoms with Crippen molar-refractivity contribution in [3.63, 3.8) is 0 Å². The third-order valence-corrected chi connectivity index (χ3v) is 4.21. The molecule has 0 atom stereocenters. The van der Waals surface area contributed by atoms with Crippen LogP contribution >= 0.6 is 11.6 Å². The first-order chi connectivity index (χ1) is 8.43. The summed E-state index contributed by atoms with van der Waals surface area (Å²) in [6, 6.07) is 0. The standard InChI is InChI=1S/C16H29Cl/c17-15-16-13-11-9-7-5-3-1-2-4-6-8-10-12-14-16/h15H,1-14H2. The van der Waals surface area contributed by atoms with Crippen molar-refractivity contribution in [2.24, 2.45) is 0 Å². The van der Waals surface area contributed by atoms with Crippen molar-refractivity contribution in [3.8, 4) is 0 Å². The average molecular weight is 257 g/mol. The zero-order valence-electron chi connectivity index (χ0n) is 11.4. The van der Waals surface area contributed by atoms with Gasteiger partial charge in [0, 0.05) is 5.54 Å². The highest BCUT2D eigenvalue weighted by atomic mass is 35.5. The smallest absolute Gasteiger partial charge is 0.00344 e. The minimum Gasteiger partial charge on any atom is -0.0930 e. The second kappa shape index (κ2) is 11.1. The van der Waals surface area contributed by atoms with Crippen LogP contribution in [0.3, 0.4) is 0 Å². The van der Waals surface area contributed by atoms with Crippen molar-refractivity contribution in [1.29, 1.82) is 0 Å². The van der Waals surface area contributed by atoms with E-state index in [2.05, 4.69) is 0 Å². The Morgan fingerprint density at radius 2 is 0.824 bits per heavy atom. The van der Waals surface area contributed by atoms with Crippen LogP contribution in [0.4, 0.5) is 0 Å². The Kier molecular flexibility index (Phi) is 9.89. The second-order valence-electron chi connectivity index (χ2n) is 5.51. The van der Waals surface area contributed by atoms with Crippen molar-refractivity contribution in [3.05, 3.63) is 11.1 Å². The van der Waals surface area contributed by atoms with Gasteiger partial charge in [-0.2, -0.15) is 0 Å². The Hall–Kier alpha value is 0.0300. The highest BCUT2D eigenvalue weighted by molar-refractivity contribution is 6.25. The van der Waals surface area contributed by atoms with Gasteiger partial charge in [-0.25, -0.2) is 0 Å². The lowest BCUT2D eigenvalue weighted by Crippen LogP contribution is -1.86. The number of rotatable bonds is 0. The zero-order valence-corrected chi connectivity index (χ0v) is 12.1. The van der Waals surface area contributed by atoms with Crippen molar-refractivity contribution in [2.75, 3.05) is 0 Å². The van der Waals surface area contributed by atoms with Gasteiger partial charge in [-0.3, -0.25) is 0 Å². The van der Waals surface area contributed by atoms with Crippen LogP contribution in [0.15, 0.2) is 11.1 Å². The van der Waals surface area contributed by atoms with Gasteiger partial charge in [-0.1, -0.05) is 81.4 Å². The van der Waals surface area contributed by atoms with Gasteiger partial charge in [0.2, 0.25) is 0 Å². The van der Waals surface area contributed by atoms with Crippen LogP contribution in [-0.2, 0) is 0 Å². The first kappa shape index (κ1) is 15.1. The summed E-state index contributed by atoms with van der Waals surface area (Å²) in [6.07, 6.45) is 19.5. The molecule has 1 heteroatoms.